The van der Waals surface area contributed by atoms with Crippen molar-refractivity contribution in [1.29, 1.82) is 0 Å². The lowest BCUT2D eigenvalue weighted by atomic mass is 9.72. The molecule has 1 fully saturated rings. The summed E-state index contributed by atoms with van der Waals surface area (Å²) in [6.07, 6.45) is 20.8. The molecule has 12 nitrogen and oxygen atoms in total. The minimum atomic E-state index is -1.85. The van der Waals surface area contributed by atoms with Crippen molar-refractivity contribution in [3.8, 4) is 5.75 Å². The number of aromatic nitrogens is 1. The molecule has 0 aromatic carbocycles. The Bertz CT molecular complexity index is 1780. The van der Waals surface area contributed by atoms with E-state index in [4.69, 9.17) is 9.47 Å². The van der Waals surface area contributed by atoms with E-state index in [1.54, 1.807) is 81.5 Å². The van der Waals surface area contributed by atoms with E-state index in [0.717, 1.165) is 5.57 Å². The lowest BCUT2D eigenvalue weighted by molar-refractivity contribution is -0.314. The first kappa shape index (κ1) is 47.7. The summed E-state index contributed by atoms with van der Waals surface area (Å²) in [5.41, 5.74) is -0.516. The highest BCUT2D eigenvalue weighted by Crippen LogP contribution is 2.44. The number of Topliss-reactive ketones (excluding diaryl/α,β-unsaturated/α-hetero) is 1. The van der Waals surface area contributed by atoms with Gasteiger partial charge in [0.05, 0.1) is 36.4 Å². The van der Waals surface area contributed by atoms with Gasteiger partial charge in [0, 0.05) is 44.7 Å². The third kappa shape index (κ3) is 12.8. The van der Waals surface area contributed by atoms with Crippen LogP contribution >= 0.6 is 0 Å². The summed E-state index contributed by atoms with van der Waals surface area (Å²) >= 11 is 0. The Balaban J connectivity index is 1.96. The molecular weight excluding hydrogens is 716 g/mol. The highest BCUT2D eigenvalue weighted by molar-refractivity contribution is 6.09. The molecule has 0 spiro atoms. The summed E-state index contributed by atoms with van der Waals surface area (Å²) in [5.74, 6) is -4.63. The highest BCUT2D eigenvalue weighted by atomic mass is 16.6. The number of carbonyl (C=O) groups excluding carboxylic acids is 2. The van der Waals surface area contributed by atoms with Crippen LogP contribution in [0.25, 0.3) is 0 Å². The number of aliphatic hydroxyl groups is 4. The topological polar surface area (TPSA) is 188 Å². The quantitative estimate of drug-likeness (QED) is 0.0641. The van der Waals surface area contributed by atoms with Gasteiger partial charge < -0.3 is 44.9 Å². The fourth-order valence-corrected chi connectivity index (χ4v) is 6.41. The van der Waals surface area contributed by atoms with E-state index in [9.17, 15) is 39.9 Å². The fourth-order valence-electron chi connectivity index (χ4n) is 6.41. The van der Waals surface area contributed by atoms with Gasteiger partial charge in [0.15, 0.2) is 11.6 Å². The molecule has 0 bridgehead atoms. The number of aryl methyl sites for hydroxylation is 1. The normalized spacial score (nSPS) is 23.8. The summed E-state index contributed by atoms with van der Waals surface area (Å²) < 4.78 is 13.0. The number of allylic oxidation sites excluding steroid dienone is 12. The van der Waals surface area contributed by atoms with Crippen LogP contribution in [-0.2, 0) is 21.3 Å². The second kappa shape index (κ2) is 22.3. The standard InChI is InChI=1S/C44H62N2O10/c1-10-12-16-24-36-43(6,7)35(49)28-44(54,56-36)32(11-2)41(52)45-26-20-19-22-30(4)40(55-9)31(5)39(51)34(48)23-18-15-13-14-17-21-29(3)38(50)37-33(47)25-27-46(8)42(37)53/h10,12-25,27,31-32,34-36,39-40,47-49,51,54H,11,26,28H2,1-9H3,(H,45,52)/b12-10-,15-13+,17-14+,20-19+,23-18+,24-16+,29-21+,30-22+/t31-,32+,34-,35-,36-,39?,40+,44-/m0/s1. The predicted molar refractivity (Wildman–Crippen MR) is 219 cm³/mol. The van der Waals surface area contributed by atoms with Crippen molar-refractivity contribution >= 4 is 11.7 Å². The first-order valence-corrected chi connectivity index (χ1v) is 18.9. The van der Waals surface area contributed by atoms with Crippen molar-refractivity contribution in [2.24, 2.45) is 24.3 Å². The van der Waals surface area contributed by atoms with Gasteiger partial charge >= 0.3 is 0 Å². The first-order valence-electron chi connectivity index (χ1n) is 18.9. The molecular formula is C44H62N2O10. The molecule has 0 radical (unpaired) electrons. The molecule has 12 heteroatoms. The van der Waals surface area contributed by atoms with Gasteiger partial charge in [-0.3, -0.25) is 14.4 Å². The summed E-state index contributed by atoms with van der Waals surface area (Å²) in [6.45, 7) is 12.7. The fraction of sp³-hybridized carbons (Fsp3) is 0.477. The number of aliphatic hydroxyl groups excluding tert-OH is 3. The van der Waals surface area contributed by atoms with Gasteiger partial charge in [-0.25, -0.2) is 0 Å². The molecule has 1 aliphatic heterocycles. The third-order valence-corrected chi connectivity index (χ3v) is 10.2. The lowest BCUT2D eigenvalue weighted by Gasteiger charge is -2.50. The summed E-state index contributed by atoms with van der Waals surface area (Å²) in [6, 6.07) is 1.29. The Morgan fingerprint density at radius 1 is 1.07 bits per heavy atom. The Labute approximate surface area is 331 Å². The van der Waals surface area contributed by atoms with Crippen molar-refractivity contribution < 1.29 is 44.6 Å². The van der Waals surface area contributed by atoms with Gasteiger partial charge in [-0.1, -0.05) is 113 Å². The molecule has 1 saturated heterocycles. The van der Waals surface area contributed by atoms with Crippen LogP contribution in [0.15, 0.2) is 113 Å². The number of nitrogens with one attached hydrogen (secondary N) is 1. The van der Waals surface area contributed by atoms with E-state index in [1.807, 2.05) is 39.8 Å². The highest BCUT2D eigenvalue weighted by Gasteiger charge is 2.54. The number of hydrogen-bond acceptors (Lipinski definition) is 10. The van der Waals surface area contributed by atoms with Crippen LogP contribution in [0, 0.1) is 17.3 Å². The second-order valence-electron chi connectivity index (χ2n) is 14.7. The number of hydrogen-bond donors (Lipinski definition) is 6. The molecule has 6 N–H and O–H groups in total. The molecule has 1 aromatic rings. The first-order chi connectivity index (χ1) is 26.4. The molecule has 1 amide bonds. The van der Waals surface area contributed by atoms with Gasteiger partial charge in [0.2, 0.25) is 5.91 Å². The smallest absolute Gasteiger partial charge is 0.265 e. The van der Waals surface area contributed by atoms with E-state index in [1.165, 1.54) is 43.1 Å². The zero-order valence-electron chi connectivity index (χ0n) is 34.1. The van der Waals surface area contributed by atoms with Gasteiger partial charge in [-0.2, -0.15) is 0 Å². The van der Waals surface area contributed by atoms with Crippen LogP contribution in [0.3, 0.4) is 0 Å². The van der Waals surface area contributed by atoms with E-state index < -0.39 is 70.8 Å². The van der Waals surface area contributed by atoms with Crippen LogP contribution in [0.2, 0.25) is 0 Å². The largest absolute Gasteiger partial charge is 0.507 e. The zero-order chi connectivity index (χ0) is 42.2. The monoisotopic (exact) mass is 778 g/mol. The van der Waals surface area contributed by atoms with Crippen LogP contribution in [0.1, 0.15) is 71.7 Å². The molecule has 1 aromatic heterocycles. The van der Waals surface area contributed by atoms with E-state index in [2.05, 4.69) is 5.32 Å². The Morgan fingerprint density at radius 3 is 2.38 bits per heavy atom. The van der Waals surface area contributed by atoms with Gasteiger partial charge in [-0.05, 0) is 44.4 Å². The van der Waals surface area contributed by atoms with E-state index >= 15 is 0 Å². The van der Waals surface area contributed by atoms with Crippen molar-refractivity contribution in [3.05, 3.63) is 124 Å². The number of ether oxygens (including phenoxy) is 2. The zero-order valence-corrected chi connectivity index (χ0v) is 34.1. The number of nitrogens with zero attached hydrogens (tertiary/aromatic N) is 1. The number of carbonyl (C=O) groups is 2. The molecule has 2 heterocycles. The Kier molecular flexibility index (Phi) is 19.0. The van der Waals surface area contributed by atoms with Crippen molar-refractivity contribution in [1.82, 2.24) is 9.88 Å². The Hall–Kier alpha value is -4.43. The molecule has 1 aliphatic rings. The minimum Gasteiger partial charge on any atom is -0.507 e. The van der Waals surface area contributed by atoms with Crippen LogP contribution in [0.5, 0.6) is 5.75 Å². The minimum absolute atomic E-state index is 0.102. The van der Waals surface area contributed by atoms with Gasteiger partial charge in [-0.15, -0.1) is 0 Å². The number of rotatable bonds is 19. The number of aromatic hydroxyl groups is 1. The number of ketones is 1. The third-order valence-electron chi connectivity index (χ3n) is 10.2. The average Bonchev–Trinajstić information content (AvgIpc) is 3.14. The molecule has 8 atom stereocenters. The maximum Gasteiger partial charge on any atom is 0.265 e. The maximum absolute atomic E-state index is 13.2. The van der Waals surface area contributed by atoms with Gasteiger partial charge in [0.1, 0.15) is 11.3 Å². The SMILES string of the molecule is C/C=C\C=C\[C@@H]1O[C@](O)([C@H](CC)C(=O)NC/C=C/C=C(\C)[C@@H](OC)[C@@H](C)C(O)[C@@H](O)/C=C/C=C/C=C/C=C(\C)C(=O)c2c(O)ccn(C)c2=O)C[C@H](O)C1(C)C. The lowest BCUT2D eigenvalue weighted by Crippen LogP contribution is -2.60. The molecule has 1 unspecified atom stereocenters. The molecule has 0 aliphatic carbocycles. The van der Waals surface area contributed by atoms with E-state index in [-0.39, 0.29) is 29.9 Å². The van der Waals surface area contributed by atoms with E-state index in [0.29, 0.717) is 6.42 Å². The van der Waals surface area contributed by atoms with Crippen LogP contribution in [0.4, 0.5) is 0 Å². The molecule has 308 valence electrons. The number of pyridine rings is 1. The average molecular weight is 779 g/mol. The van der Waals surface area contributed by atoms with Crippen molar-refractivity contribution in [2.75, 3.05) is 13.7 Å². The number of amides is 1. The molecule has 0 saturated carbocycles. The molecule has 2 rings (SSSR count). The second-order valence-corrected chi connectivity index (χ2v) is 14.7. The van der Waals surface area contributed by atoms with Gasteiger partial charge in [0.25, 0.3) is 5.56 Å². The molecule has 56 heavy (non-hydrogen) atoms. The predicted octanol–water partition coefficient (Wildman–Crippen LogP) is 4.90. The van der Waals surface area contributed by atoms with Crippen LogP contribution < -0.4 is 10.9 Å². The maximum atomic E-state index is 13.2. The summed E-state index contributed by atoms with van der Waals surface area (Å²) in [4.78, 5) is 38.1. The number of methoxy groups -OCH3 is 1. The van der Waals surface area contributed by atoms with Crippen molar-refractivity contribution in [2.45, 2.75) is 97.6 Å². The van der Waals surface area contributed by atoms with Crippen molar-refractivity contribution in [3.63, 3.8) is 0 Å². The summed E-state index contributed by atoms with van der Waals surface area (Å²) in [7, 11) is 3.01. The van der Waals surface area contributed by atoms with Crippen LogP contribution in [-0.4, -0.2) is 91.8 Å². The Morgan fingerprint density at radius 2 is 1.73 bits per heavy atom. The summed E-state index contributed by atoms with van der Waals surface area (Å²) in [5, 5.41) is 56.8.